The van der Waals surface area contributed by atoms with Crippen molar-refractivity contribution in [1.82, 2.24) is 0 Å². The summed E-state index contributed by atoms with van der Waals surface area (Å²) in [7, 11) is 1.99. The van der Waals surface area contributed by atoms with E-state index in [0.717, 1.165) is 4.88 Å². The van der Waals surface area contributed by atoms with Crippen LogP contribution in [-0.4, -0.2) is 13.2 Å². The lowest BCUT2D eigenvalue weighted by Crippen LogP contribution is -2.20. The zero-order valence-electron chi connectivity index (χ0n) is 6.86. The molecule has 0 aromatic carbocycles. The van der Waals surface area contributed by atoms with Crippen LogP contribution in [0, 0.1) is 0 Å². The predicted molar refractivity (Wildman–Crippen MR) is 54.8 cm³/mol. The van der Waals surface area contributed by atoms with E-state index in [4.69, 9.17) is 10.7 Å². The maximum Gasteiger partial charge on any atom is 0.238 e. The molecule has 0 aliphatic heterocycles. The summed E-state index contributed by atoms with van der Waals surface area (Å²) in [5.41, 5.74) is 0. The van der Waals surface area contributed by atoms with E-state index in [1.165, 1.54) is 0 Å². The highest BCUT2D eigenvalue weighted by Crippen LogP contribution is 2.48. The Morgan fingerprint density at radius 1 is 1.54 bits per heavy atom. The van der Waals surface area contributed by atoms with Crippen molar-refractivity contribution in [3.8, 4) is 0 Å². The lowest BCUT2D eigenvalue weighted by atomic mass is 10.2. The topological polar surface area (TPSA) is 34.1 Å². The minimum Gasteiger partial charge on any atom is -0.212 e. The molecule has 2 rings (SSSR count). The monoisotopic (exact) mass is 236 g/mol. The van der Waals surface area contributed by atoms with E-state index >= 15 is 0 Å². The van der Waals surface area contributed by atoms with Crippen LogP contribution in [0.4, 0.5) is 0 Å². The van der Waals surface area contributed by atoms with E-state index in [2.05, 4.69) is 0 Å². The molecule has 0 atom stereocenters. The highest BCUT2D eigenvalue weighted by Gasteiger charge is 2.53. The van der Waals surface area contributed by atoms with Crippen LogP contribution in [0.25, 0.3) is 0 Å². The van der Waals surface area contributed by atoms with E-state index in [-0.39, 0.29) is 0 Å². The maximum absolute atomic E-state index is 11.2. The minimum absolute atomic E-state index is 0.580. The summed E-state index contributed by atoms with van der Waals surface area (Å²) in [5.74, 6) is 0. The first kappa shape index (κ1) is 9.49. The first-order valence-corrected chi connectivity index (χ1v) is 7.19. The average molecular weight is 237 g/mol. The number of hydrogen-bond acceptors (Lipinski definition) is 3. The molecule has 2 nitrogen and oxygen atoms in total. The van der Waals surface area contributed by atoms with Crippen molar-refractivity contribution in [1.29, 1.82) is 0 Å². The van der Waals surface area contributed by atoms with Gasteiger partial charge in [0.2, 0.25) is 9.05 Å². The molecule has 72 valence electrons. The molecule has 1 saturated carbocycles. The van der Waals surface area contributed by atoms with Crippen LogP contribution in [-0.2, 0) is 15.5 Å². The Balaban J connectivity index is 2.20. The largest absolute Gasteiger partial charge is 0.238 e. The fourth-order valence-electron chi connectivity index (χ4n) is 1.38. The molecule has 0 saturated heterocycles. The minimum atomic E-state index is -3.39. The van der Waals surface area contributed by atoms with Gasteiger partial charge in [0, 0.05) is 22.0 Å². The van der Waals surface area contributed by atoms with Gasteiger partial charge < -0.3 is 0 Å². The molecule has 0 radical (unpaired) electrons. The summed E-state index contributed by atoms with van der Waals surface area (Å²) in [6, 6.07) is 3.88. The van der Waals surface area contributed by atoms with Crippen LogP contribution in [0.1, 0.15) is 17.7 Å². The van der Waals surface area contributed by atoms with E-state index in [9.17, 15) is 8.42 Å². The highest BCUT2D eigenvalue weighted by atomic mass is 35.7. The van der Waals surface area contributed by atoms with E-state index in [0.29, 0.717) is 19.3 Å². The van der Waals surface area contributed by atoms with Crippen LogP contribution >= 0.6 is 22.0 Å². The Morgan fingerprint density at radius 3 is 2.62 bits per heavy atom. The molecule has 5 heteroatoms. The molecule has 0 amide bonds. The fraction of sp³-hybridized carbons (Fsp3) is 0.500. The van der Waals surface area contributed by atoms with E-state index < -0.39 is 13.8 Å². The Bertz CT molecular complexity index is 390. The van der Waals surface area contributed by atoms with Gasteiger partial charge in [-0.2, -0.15) is 0 Å². The zero-order chi connectivity index (χ0) is 9.53. The predicted octanol–water partition coefficient (Wildman–Crippen LogP) is 2.39. The second kappa shape index (κ2) is 2.97. The molecule has 1 aromatic heterocycles. The van der Waals surface area contributed by atoms with Crippen LogP contribution in [0.5, 0.6) is 0 Å². The lowest BCUT2D eigenvalue weighted by Gasteiger charge is -2.08. The van der Waals surface area contributed by atoms with Gasteiger partial charge in [0.25, 0.3) is 0 Å². The van der Waals surface area contributed by atoms with E-state index in [1.54, 1.807) is 11.3 Å². The normalized spacial score (nSPS) is 20.1. The molecule has 0 bridgehead atoms. The van der Waals surface area contributed by atoms with Crippen molar-refractivity contribution in [3.63, 3.8) is 0 Å². The van der Waals surface area contributed by atoms with Gasteiger partial charge in [-0.1, -0.05) is 6.07 Å². The van der Waals surface area contributed by atoms with Crippen molar-refractivity contribution >= 4 is 31.1 Å². The third kappa shape index (κ3) is 1.75. The van der Waals surface area contributed by atoms with Gasteiger partial charge in [0.15, 0.2) is 0 Å². The second-order valence-electron chi connectivity index (χ2n) is 3.38. The van der Waals surface area contributed by atoms with Crippen molar-refractivity contribution in [2.45, 2.75) is 24.0 Å². The summed E-state index contributed by atoms with van der Waals surface area (Å²) in [6.45, 7) is 0. The molecule has 0 unspecified atom stereocenters. The van der Waals surface area contributed by atoms with Gasteiger partial charge >= 0.3 is 0 Å². The molecular formula is C8H9ClO2S2. The van der Waals surface area contributed by atoms with Gasteiger partial charge in [-0.3, -0.25) is 0 Å². The Morgan fingerprint density at radius 2 is 2.23 bits per heavy atom. The van der Waals surface area contributed by atoms with Crippen molar-refractivity contribution in [2.24, 2.45) is 0 Å². The van der Waals surface area contributed by atoms with Gasteiger partial charge in [-0.05, 0) is 24.3 Å². The van der Waals surface area contributed by atoms with E-state index in [1.807, 2.05) is 17.5 Å². The van der Waals surface area contributed by atoms with Crippen LogP contribution in [0.3, 0.4) is 0 Å². The first-order chi connectivity index (χ1) is 6.04. The molecule has 1 aliphatic rings. The molecule has 1 aliphatic carbocycles. The molecule has 13 heavy (non-hydrogen) atoms. The second-order valence-corrected chi connectivity index (χ2v) is 7.37. The Hall–Kier alpha value is -0.0600. The number of rotatable bonds is 3. The number of hydrogen-bond donors (Lipinski definition) is 0. The summed E-state index contributed by atoms with van der Waals surface area (Å²) >= 11 is 1.58. The SMILES string of the molecule is O=S(=O)(Cl)C1(Cc2cccs2)CC1. The van der Waals surface area contributed by atoms with Crippen LogP contribution in [0.15, 0.2) is 17.5 Å². The first-order valence-electron chi connectivity index (χ1n) is 4.00. The van der Waals surface area contributed by atoms with Gasteiger partial charge in [0.1, 0.15) is 0 Å². The summed E-state index contributed by atoms with van der Waals surface area (Å²) < 4.78 is 21.8. The molecule has 0 N–H and O–H groups in total. The highest BCUT2D eigenvalue weighted by molar-refractivity contribution is 8.15. The Kier molecular flexibility index (Phi) is 2.17. The zero-order valence-corrected chi connectivity index (χ0v) is 9.25. The van der Waals surface area contributed by atoms with Crippen LogP contribution < -0.4 is 0 Å². The third-order valence-corrected chi connectivity index (χ3v) is 5.85. The van der Waals surface area contributed by atoms with Crippen LogP contribution in [0.2, 0.25) is 0 Å². The van der Waals surface area contributed by atoms with Crippen molar-refractivity contribution in [2.75, 3.05) is 0 Å². The smallest absolute Gasteiger partial charge is 0.212 e. The Labute approximate surface area is 86.0 Å². The summed E-state index contributed by atoms with van der Waals surface area (Å²) in [4.78, 5) is 1.10. The summed E-state index contributed by atoms with van der Waals surface area (Å²) in [5, 5.41) is 1.95. The molecule has 1 fully saturated rings. The summed E-state index contributed by atoms with van der Waals surface area (Å²) in [6.07, 6.45) is 1.99. The van der Waals surface area contributed by atoms with Gasteiger partial charge in [-0.25, -0.2) is 8.42 Å². The number of halogens is 1. The molecular weight excluding hydrogens is 228 g/mol. The average Bonchev–Trinajstić information content (AvgIpc) is 2.59. The lowest BCUT2D eigenvalue weighted by molar-refractivity contribution is 0.590. The molecule has 1 heterocycles. The number of thiophene rings is 1. The standard InChI is InChI=1S/C8H9ClO2S2/c9-13(10,11)8(3-4-8)6-7-2-1-5-12-7/h1-2,5H,3-4,6H2. The third-order valence-electron chi connectivity index (χ3n) is 2.40. The van der Waals surface area contributed by atoms with Crippen molar-refractivity contribution < 1.29 is 8.42 Å². The van der Waals surface area contributed by atoms with Gasteiger partial charge in [0.05, 0.1) is 4.75 Å². The van der Waals surface area contributed by atoms with Crippen molar-refractivity contribution in [3.05, 3.63) is 22.4 Å². The quantitative estimate of drug-likeness (QED) is 0.756. The fourth-order valence-corrected chi connectivity index (χ4v) is 3.86. The maximum atomic E-state index is 11.2. The molecule has 1 aromatic rings. The van der Waals surface area contributed by atoms with Gasteiger partial charge in [-0.15, -0.1) is 11.3 Å². The molecule has 0 spiro atoms.